The van der Waals surface area contributed by atoms with Crippen LogP contribution in [-0.2, 0) is 16.0 Å². The molecule has 0 aliphatic heterocycles. The van der Waals surface area contributed by atoms with Crippen LogP contribution in [0.15, 0.2) is 35.2 Å². The summed E-state index contributed by atoms with van der Waals surface area (Å²) < 4.78 is 65.6. The highest BCUT2D eigenvalue weighted by Gasteiger charge is 2.39. The van der Waals surface area contributed by atoms with Gasteiger partial charge in [0, 0.05) is 17.2 Å². The molecule has 13 heteroatoms. The molecule has 0 radical (unpaired) electrons. The standard InChI is InChI=1S/C16H12F3N7O2S/c1-29(27,28)13-10(16(17,18)19)5-4-8(12(13)15-23-25-26-24-15)7-2-3-9-11(6-7)21-22-14(9)20/h2-6H,1H3,(H3,20,21,22)(H,23,24,25,26). The summed E-state index contributed by atoms with van der Waals surface area (Å²) >= 11 is 0. The van der Waals surface area contributed by atoms with Crippen molar-refractivity contribution in [2.75, 3.05) is 12.0 Å². The molecule has 29 heavy (non-hydrogen) atoms. The lowest BCUT2D eigenvalue weighted by Crippen LogP contribution is -2.15. The number of tetrazole rings is 1. The number of nitrogens with zero attached hydrogens (tertiary/aromatic N) is 4. The number of benzene rings is 2. The minimum atomic E-state index is -4.90. The number of hydrogen-bond acceptors (Lipinski definition) is 7. The molecule has 0 bridgehead atoms. The number of aromatic nitrogens is 6. The van der Waals surface area contributed by atoms with E-state index in [1.165, 1.54) is 6.07 Å². The zero-order valence-corrected chi connectivity index (χ0v) is 15.4. The maximum atomic E-state index is 13.6. The number of aromatic amines is 2. The Balaban J connectivity index is 2.11. The van der Waals surface area contributed by atoms with Crippen LogP contribution in [0.5, 0.6) is 0 Å². The van der Waals surface area contributed by atoms with Gasteiger partial charge in [-0.3, -0.25) is 5.10 Å². The largest absolute Gasteiger partial charge is 0.417 e. The van der Waals surface area contributed by atoms with Gasteiger partial charge in [-0.15, -0.1) is 5.10 Å². The molecule has 0 unspecified atom stereocenters. The van der Waals surface area contributed by atoms with Crippen LogP contribution in [0.1, 0.15) is 5.56 Å². The number of H-pyrrole nitrogens is 2. The quantitative estimate of drug-likeness (QED) is 0.459. The molecular formula is C16H12F3N7O2S. The fourth-order valence-electron chi connectivity index (χ4n) is 3.14. The molecule has 2 aromatic heterocycles. The lowest BCUT2D eigenvalue weighted by molar-refractivity contribution is -0.139. The van der Waals surface area contributed by atoms with E-state index in [1.807, 2.05) is 0 Å². The predicted molar refractivity (Wildman–Crippen MR) is 97.2 cm³/mol. The molecule has 0 saturated heterocycles. The minimum absolute atomic E-state index is 0.187. The Morgan fingerprint density at radius 3 is 2.48 bits per heavy atom. The highest BCUT2D eigenvalue weighted by molar-refractivity contribution is 7.91. The fourth-order valence-corrected chi connectivity index (χ4v) is 4.30. The Morgan fingerprint density at radius 1 is 1.10 bits per heavy atom. The van der Waals surface area contributed by atoms with Gasteiger partial charge >= 0.3 is 6.18 Å². The summed E-state index contributed by atoms with van der Waals surface area (Å²) in [6.07, 6.45) is -4.20. The van der Waals surface area contributed by atoms with Gasteiger partial charge in [-0.2, -0.15) is 18.3 Å². The van der Waals surface area contributed by atoms with Gasteiger partial charge in [0.2, 0.25) is 0 Å². The van der Waals surface area contributed by atoms with Crippen LogP contribution < -0.4 is 5.73 Å². The van der Waals surface area contributed by atoms with Gasteiger partial charge in [-0.05, 0) is 39.8 Å². The first-order chi connectivity index (χ1) is 13.6. The van der Waals surface area contributed by atoms with Crippen LogP contribution in [0.25, 0.3) is 33.4 Å². The van der Waals surface area contributed by atoms with Crippen LogP contribution in [-0.4, -0.2) is 45.5 Å². The van der Waals surface area contributed by atoms with E-state index in [0.29, 0.717) is 22.7 Å². The van der Waals surface area contributed by atoms with E-state index >= 15 is 0 Å². The summed E-state index contributed by atoms with van der Waals surface area (Å²) in [4.78, 5) is -0.912. The predicted octanol–water partition coefficient (Wildman–Crippen LogP) is 2.41. The zero-order valence-electron chi connectivity index (χ0n) is 14.6. The number of nitrogens with two attached hydrogens (primary N) is 1. The molecule has 9 nitrogen and oxygen atoms in total. The van der Waals surface area contributed by atoms with Gasteiger partial charge in [0.05, 0.1) is 16.0 Å². The Morgan fingerprint density at radius 2 is 1.86 bits per heavy atom. The summed E-state index contributed by atoms with van der Waals surface area (Å²) in [5.41, 5.74) is 5.30. The summed E-state index contributed by atoms with van der Waals surface area (Å²) in [6.45, 7) is 0. The topological polar surface area (TPSA) is 143 Å². The van der Waals surface area contributed by atoms with E-state index in [9.17, 15) is 21.6 Å². The highest BCUT2D eigenvalue weighted by Crippen LogP contribution is 2.43. The van der Waals surface area contributed by atoms with E-state index in [4.69, 9.17) is 5.73 Å². The van der Waals surface area contributed by atoms with Crippen molar-refractivity contribution in [1.29, 1.82) is 0 Å². The third kappa shape index (κ3) is 3.18. The Hall–Kier alpha value is -3.48. The van der Waals surface area contributed by atoms with E-state index in [0.717, 1.165) is 6.07 Å². The second kappa shape index (κ2) is 6.27. The van der Waals surface area contributed by atoms with Crippen LogP contribution in [0.4, 0.5) is 19.0 Å². The van der Waals surface area contributed by atoms with E-state index in [1.54, 1.807) is 18.2 Å². The van der Waals surface area contributed by atoms with Gasteiger partial charge in [-0.1, -0.05) is 12.1 Å². The van der Waals surface area contributed by atoms with Gasteiger partial charge in [-0.25, -0.2) is 13.5 Å². The first-order valence-corrected chi connectivity index (χ1v) is 9.89. The third-order valence-corrected chi connectivity index (χ3v) is 5.48. The SMILES string of the molecule is CS(=O)(=O)c1c(C(F)(F)F)ccc(-c2ccc3c(N)n[nH]c3c2)c1-c1nnn[nH]1. The van der Waals surface area contributed by atoms with Gasteiger partial charge in [0.25, 0.3) is 0 Å². The number of fused-ring (bicyclic) bond motifs is 1. The molecule has 0 spiro atoms. The van der Waals surface area contributed by atoms with E-state index < -0.39 is 26.5 Å². The molecule has 0 aliphatic rings. The average Bonchev–Trinajstić information content (AvgIpc) is 3.29. The van der Waals surface area contributed by atoms with Crippen molar-refractivity contribution >= 4 is 26.6 Å². The summed E-state index contributed by atoms with van der Waals surface area (Å²) in [7, 11) is -4.32. The number of sulfone groups is 1. The molecule has 4 N–H and O–H groups in total. The molecule has 0 aliphatic carbocycles. The molecule has 2 aromatic carbocycles. The zero-order chi connectivity index (χ0) is 21.0. The molecule has 4 aromatic rings. The number of nitrogens with one attached hydrogen (secondary N) is 2. The number of anilines is 1. The lowest BCUT2D eigenvalue weighted by Gasteiger charge is -2.18. The van der Waals surface area contributed by atoms with Crippen molar-refractivity contribution < 1.29 is 21.6 Å². The Labute approximate surface area is 161 Å². The summed E-state index contributed by atoms with van der Waals surface area (Å²) in [5.74, 6) is 0.0474. The second-order valence-corrected chi connectivity index (χ2v) is 8.21. The van der Waals surface area contributed by atoms with Gasteiger partial charge in [0.15, 0.2) is 21.5 Å². The molecule has 0 amide bonds. The van der Waals surface area contributed by atoms with Crippen molar-refractivity contribution in [3.63, 3.8) is 0 Å². The maximum absolute atomic E-state index is 13.6. The molecule has 0 fully saturated rings. The average molecular weight is 423 g/mol. The van der Waals surface area contributed by atoms with Gasteiger partial charge in [0.1, 0.15) is 0 Å². The van der Waals surface area contributed by atoms with Crippen LogP contribution >= 0.6 is 0 Å². The van der Waals surface area contributed by atoms with Crippen molar-refractivity contribution in [2.45, 2.75) is 11.1 Å². The highest BCUT2D eigenvalue weighted by atomic mass is 32.2. The van der Waals surface area contributed by atoms with Crippen LogP contribution in [0, 0.1) is 0 Å². The van der Waals surface area contributed by atoms with Crippen molar-refractivity contribution in [2.24, 2.45) is 0 Å². The number of rotatable bonds is 3. The monoisotopic (exact) mass is 423 g/mol. The molecule has 0 saturated carbocycles. The van der Waals surface area contributed by atoms with Crippen LogP contribution in [0.2, 0.25) is 0 Å². The normalized spacial score (nSPS) is 12.6. The van der Waals surface area contributed by atoms with E-state index in [2.05, 4.69) is 30.8 Å². The van der Waals surface area contributed by atoms with Gasteiger partial charge < -0.3 is 5.73 Å². The number of halogens is 3. The Kier molecular flexibility index (Phi) is 4.08. The van der Waals surface area contributed by atoms with Crippen molar-refractivity contribution in [1.82, 2.24) is 30.8 Å². The molecule has 2 heterocycles. The number of hydrogen-bond donors (Lipinski definition) is 3. The smallest absolute Gasteiger partial charge is 0.382 e. The summed E-state index contributed by atoms with van der Waals surface area (Å²) in [6, 6.07) is 6.72. The minimum Gasteiger partial charge on any atom is -0.382 e. The fraction of sp³-hybridized carbons (Fsp3) is 0.125. The number of alkyl halides is 3. The third-order valence-electron chi connectivity index (χ3n) is 4.32. The Bertz CT molecular complexity index is 1330. The molecule has 0 atom stereocenters. The first kappa shape index (κ1) is 18.9. The first-order valence-electron chi connectivity index (χ1n) is 7.99. The lowest BCUT2D eigenvalue weighted by atomic mass is 9.96. The summed E-state index contributed by atoms with van der Waals surface area (Å²) in [5, 5.41) is 19.9. The van der Waals surface area contributed by atoms with E-state index in [-0.39, 0.29) is 22.8 Å². The molecular weight excluding hydrogens is 411 g/mol. The number of nitrogen functional groups attached to an aromatic ring is 1. The second-order valence-electron chi connectivity index (χ2n) is 6.25. The van der Waals surface area contributed by atoms with Crippen molar-refractivity contribution in [3.05, 3.63) is 35.9 Å². The molecule has 4 rings (SSSR count). The molecule has 150 valence electrons. The van der Waals surface area contributed by atoms with Crippen LogP contribution in [0.3, 0.4) is 0 Å². The van der Waals surface area contributed by atoms with Crippen molar-refractivity contribution in [3.8, 4) is 22.5 Å². The maximum Gasteiger partial charge on any atom is 0.417 e.